The van der Waals surface area contributed by atoms with Gasteiger partial charge in [-0.05, 0) is 18.1 Å². The van der Waals surface area contributed by atoms with Crippen molar-refractivity contribution in [2.45, 2.75) is 45.1 Å². The van der Waals surface area contributed by atoms with E-state index in [-0.39, 0.29) is 17.3 Å². The summed E-state index contributed by atoms with van der Waals surface area (Å²) in [7, 11) is 0. The molecule has 0 aliphatic rings. The fourth-order valence-electron chi connectivity index (χ4n) is 1.99. The van der Waals surface area contributed by atoms with E-state index >= 15 is 0 Å². The molecule has 0 amide bonds. The summed E-state index contributed by atoms with van der Waals surface area (Å²) in [5.74, 6) is -0.183. The van der Waals surface area contributed by atoms with E-state index in [9.17, 15) is 4.39 Å². The van der Waals surface area contributed by atoms with E-state index < -0.39 is 0 Å². The SMILES string of the molecule is CC(C)(C)c1csc(CC(N)Cc2ccccc2F)n1. The quantitative estimate of drug-likeness (QED) is 0.933. The van der Waals surface area contributed by atoms with Crippen LogP contribution in [0.4, 0.5) is 4.39 Å². The van der Waals surface area contributed by atoms with Gasteiger partial charge in [0.05, 0.1) is 10.7 Å². The van der Waals surface area contributed by atoms with Gasteiger partial charge in [-0.2, -0.15) is 0 Å². The molecule has 0 bridgehead atoms. The number of hydrogen-bond donors (Lipinski definition) is 1. The van der Waals surface area contributed by atoms with Crippen molar-refractivity contribution in [3.8, 4) is 0 Å². The van der Waals surface area contributed by atoms with Crippen molar-refractivity contribution in [2.24, 2.45) is 5.73 Å². The van der Waals surface area contributed by atoms with Crippen LogP contribution in [0.25, 0.3) is 0 Å². The van der Waals surface area contributed by atoms with Gasteiger partial charge >= 0.3 is 0 Å². The molecule has 1 unspecified atom stereocenters. The van der Waals surface area contributed by atoms with Crippen molar-refractivity contribution >= 4 is 11.3 Å². The zero-order valence-electron chi connectivity index (χ0n) is 12.2. The molecule has 0 fully saturated rings. The standard InChI is InChI=1S/C16H21FN2S/c1-16(2,3)14-10-20-15(19-14)9-12(18)8-11-6-4-5-7-13(11)17/h4-7,10,12H,8-9,18H2,1-3H3. The molecule has 2 N–H and O–H groups in total. The fourth-order valence-corrected chi connectivity index (χ4v) is 3.11. The van der Waals surface area contributed by atoms with Crippen LogP contribution in [0.15, 0.2) is 29.6 Å². The lowest BCUT2D eigenvalue weighted by Gasteiger charge is -2.14. The molecule has 1 heterocycles. The first kappa shape index (κ1) is 15.1. The zero-order valence-corrected chi connectivity index (χ0v) is 13.0. The molecule has 4 heteroatoms. The van der Waals surface area contributed by atoms with Gasteiger partial charge in [-0.15, -0.1) is 11.3 Å². The Labute approximate surface area is 123 Å². The minimum atomic E-state index is -0.183. The first-order valence-corrected chi connectivity index (χ1v) is 7.68. The van der Waals surface area contributed by atoms with Crippen molar-refractivity contribution in [1.29, 1.82) is 0 Å². The van der Waals surface area contributed by atoms with Gasteiger partial charge in [0.25, 0.3) is 0 Å². The van der Waals surface area contributed by atoms with E-state index in [0.717, 1.165) is 10.7 Å². The van der Waals surface area contributed by atoms with Gasteiger partial charge in [-0.3, -0.25) is 0 Å². The minimum absolute atomic E-state index is 0.0599. The molecule has 0 saturated heterocycles. The lowest BCUT2D eigenvalue weighted by molar-refractivity contribution is 0.564. The van der Waals surface area contributed by atoms with E-state index in [0.29, 0.717) is 18.4 Å². The van der Waals surface area contributed by atoms with Crippen molar-refractivity contribution in [3.63, 3.8) is 0 Å². The van der Waals surface area contributed by atoms with Crippen LogP contribution in [-0.4, -0.2) is 11.0 Å². The number of halogens is 1. The number of thiazole rings is 1. The van der Waals surface area contributed by atoms with Gasteiger partial charge in [0.15, 0.2) is 0 Å². The molecule has 2 nitrogen and oxygen atoms in total. The largest absolute Gasteiger partial charge is 0.327 e. The Hall–Kier alpha value is -1.26. The number of benzene rings is 1. The molecule has 1 aromatic carbocycles. The van der Waals surface area contributed by atoms with E-state index in [1.54, 1.807) is 23.5 Å². The summed E-state index contributed by atoms with van der Waals surface area (Å²) in [5, 5.41) is 3.12. The molecule has 2 aromatic rings. The average Bonchev–Trinajstić information content (AvgIpc) is 2.80. The fraction of sp³-hybridized carbons (Fsp3) is 0.438. The van der Waals surface area contributed by atoms with Crippen molar-refractivity contribution in [2.75, 3.05) is 0 Å². The molecule has 0 saturated carbocycles. The highest BCUT2D eigenvalue weighted by molar-refractivity contribution is 7.09. The van der Waals surface area contributed by atoms with Gasteiger partial charge in [-0.1, -0.05) is 39.0 Å². The molecule has 0 aliphatic heterocycles. The Bertz CT molecular complexity index is 572. The predicted molar refractivity (Wildman–Crippen MR) is 82.6 cm³/mol. The minimum Gasteiger partial charge on any atom is -0.327 e. The number of nitrogens with two attached hydrogens (primary N) is 1. The second-order valence-electron chi connectivity index (χ2n) is 6.14. The second-order valence-corrected chi connectivity index (χ2v) is 7.08. The van der Waals surface area contributed by atoms with Crippen LogP contribution in [-0.2, 0) is 18.3 Å². The Morgan fingerprint density at radius 2 is 1.95 bits per heavy atom. The lowest BCUT2D eigenvalue weighted by atomic mass is 9.93. The maximum atomic E-state index is 13.6. The number of aromatic nitrogens is 1. The maximum Gasteiger partial charge on any atom is 0.126 e. The van der Waals surface area contributed by atoms with Gasteiger partial charge < -0.3 is 5.73 Å². The molecule has 108 valence electrons. The van der Waals surface area contributed by atoms with Crippen molar-refractivity contribution in [3.05, 3.63) is 51.7 Å². The molecule has 0 radical (unpaired) electrons. The zero-order chi connectivity index (χ0) is 14.8. The highest BCUT2D eigenvalue weighted by Gasteiger charge is 2.18. The predicted octanol–water partition coefficient (Wildman–Crippen LogP) is 3.69. The number of rotatable bonds is 4. The summed E-state index contributed by atoms with van der Waals surface area (Å²) >= 11 is 1.63. The van der Waals surface area contributed by atoms with Gasteiger partial charge in [-0.25, -0.2) is 9.37 Å². The van der Waals surface area contributed by atoms with Crippen LogP contribution in [0, 0.1) is 5.82 Å². The topological polar surface area (TPSA) is 38.9 Å². The van der Waals surface area contributed by atoms with Crippen LogP contribution in [0.1, 0.15) is 37.0 Å². The molecule has 2 rings (SSSR count). The van der Waals surface area contributed by atoms with Crippen LogP contribution >= 0.6 is 11.3 Å². The van der Waals surface area contributed by atoms with Gasteiger partial charge in [0, 0.05) is 23.3 Å². The van der Waals surface area contributed by atoms with Crippen LogP contribution in [0.2, 0.25) is 0 Å². The molecular formula is C16H21FN2S. The van der Waals surface area contributed by atoms with E-state index in [1.165, 1.54) is 6.07 Å². The molecule has 0 spiro atoms. The van der Waals surface area contributed by atoms with E-state index in [4.69, 9.17) is 5.73 Å². The third kappa shape index (κ3) is 3.87. The monoisotopic (exact) mass is 292 g/mol. The normalized spacial score (nSPS) is 13.4. The Balaban J connectivity index is 2.00. The van der Waals surface area contributed by atoms with Crippen LogP contribution < -0.4 is 5.73 Å². The van der Waals surface area contributed by atoms with Gasteiger partial charge in [0.2, 0.25) is 0 Å². The third-order valence-electron chi connectivity index (χ3n) is 3.20. The number of hydrogen-bond acceptors (Lipinski definition) is 3. The molecule has 0 aliphatic carbocycles. The first-order valence-electron chi connectivity index (χ1n) is 6.80. The highest BCUT2D eigenvalue weighted by atomic mass is 32.1. The van der Waals surface area contributed by atoms with Crippen molar-refractivity contribution in [1.82, 2.24) is 4.98 Å². The van der Waals surface area contributed by atoms with Gasteiger partial charge in [0.1, 0.15) is 5.82 Å². The van der Waals surface area contributed by atoms with E-state index in [1.807, 2.05) is 6.07 Å². The second kappa shape index (κ2) is 6.02. The third-order valence-corrected chi connectivity index (χ3v) is 4.07. The van der Waals surface area contributed by atoms with Crippen LogP contribution in [0.3, 0.4) is 0 Å². The summed E-state index contributed by atoms with van der Waals surface area (Å²) in [4.78, 5) is 4.63. The molecular weight excluding hydrogens is 271 g/mol. The molecule has 1 atom stereocenters. The summed E-state index contributed by atoms with van der Waals surface area (Å²) < 4.78 is 13.6. The molecule has 20 heavy (non-hydrogen) atoms. The summed E-state index contributed by atoms with van der Waals surface area (Å²) in [5.41, 5.74) is 7.95. The number of nitrogens with zero attached hydrogens (tertiary/aromatic N) is 1. The Morgan fingerprint density at radius 1 is 1.25 bits per heavy atom. The van der Waals surface area contributed by atoms with Crippen LogP contribution in [0.5, 0.6) is 0 Å². The lowest BCUT2D eigenvalue weighted by Crippen LogP contribution is -2.26. The Kier molecular flexibility index (Phi) is 4.55. The summed E-state index contributed by atoms with van der Waals surface area (Å²) in [6, 6.07) is 6.69. The molecule has 1 aromatic heterocycles. The maximum absolute atomic E-state index is 13.6. The Morgan fingerprint density at radius 3 is 2.55 bits per heavy atom. The smallest absolute Gasteiger partial charge is 0.126 e. The highest BCUT2D eigenvalue weighted by Crippen LogP contribution is 2.24. The first-order chi connectivity index (χ1) is 9.36. The van der Waals surface area contributed by atoms with Crippen molar-refractivity contribution < 1.29 is 4.39 Å². The van der Waals surface area contributed by atoms with E-state index in [2.05, 4.69) is 31.1 Å². The average molecular weight is 292 g/mol. The summed E-state index contributed by atoms with van der Waals surface area (Å²) in [6.45, 7) is 6.43. The summed E-state index contributed by atoms with van der Waals surface area (Å²) in [6.07, 6.45) is 1.23.